The van der Waals surface area contributed by atoms with Crippen molar-refractivity contribution in [3.63, 3.8) is 0 Å². The lowest BCUT2D eigenvalue weighted by molar-refractivity contribution is 0.0438. The van der Waals surface area contributed by atoms with Crippen LogP contribution in [0.5, 0.6) is 0 Å². The number of nitrogens with one attached hydrogen (secondary N) is 1. The van der Waals surface area contributed by atoms with Crippen molar-refractivity contribution in [2.45, 2.75) is 45.3 Å². The molecule has 0 aromatic rings. The molecule has 2 unspecified atom stereocenters. The lowest BCUT2D eigenvalue weighted by Crippen LogP contribution is -2.40. The van der Waals surface area contributed by atoms with E-state index < -0.39 is 5.60 Å². The highest BCUT2D eigenvalue weighted by Gasteiger charge is 2.18. The molecule has 13 heavy (non-hydrogen) atoms. The van der Waals surface area contributed by atoms with Crippen molar-refractivity contribution in [3.8, 4) is 0 Å². The van der Waals surface area contributed by atoms with Crippen molar-refractivity contribution in [3.05, 3.63) is 0 Å². The molecule has 3 heteroatoms. The molecule has 0 radical (unpaired) electrons. The Morgan fingerprint density at radius 2 is 2.15 bits per heavy atom. The fourth-order valence-electron chi connectivity index (χ4n) is 1.26. The van der Waals surface area contributed by atoms with Crippen LogP contribution in [0.4, 0.5) is 0 Å². The van der Waals surface area contributed by atoms with E-state index in [4.69, 9.17) is 4.74 Å². The number of rotatable bonds is 7. The standard InChI is InChI=1S/C10H23NO2/c1-5-6-10(3,12)8-11-7-9(2)13-4/h9,11-12H,5-8H2,1-4H3. The van der Waals surface area contributed by atoms with Gasteiger partial charge in [-0.25, -0.2) is 0 Å². The van der Waals surface area contributed by atoms with E-state index in [0.29, 0.717) is 6.54 Å². The molecule has 0 amide bonds. The van der Waals surface area contributed by atoms with Crippen molar-refractivity contribution in [1.82, 2.24) is 5.32 Å². The highest BCUT2D eigenvalue weighted by atomic mass is 16.5. The van der Waals surface area contributed by atoms with Crippen molar-refractivity contribution in [2.75, 3.05) is 20.2 Å². The van der Waals surface area contributed by atoms with Crippen LogP contribution in [0, 0.1) is 0 Å². The minimum atomic E-state index is -0.581. The zero-order valence-corrected chi connectivity index (χ0v) is 9.26. The summed E-state index contributed by atoms with van der Waals surface area (Å²) >= 11 is 0. The van der Waals surface area contributed by atoms with Gasteiger partial charge in [0.2, 0.25) is 0 Å². The highest BCUT2D eigenvalue weighted by molar-refractivity contribution is 4.75. The van der Waals surface area contributed by atoms with E-state index >= 15 is 0 Å². The monoisotopic (exact) mass is 189 g/mol. The van der Waals surface area contributed by atoms with E-state index in [1.165, 1.54) is 0 Å². The molecule has 0 aliphatic rings. The Morgan fingerprint density at radius 3 is 2.62 bits per heavy atom. The van der Waals surface area contributed by atoms with Gasteiger partial charge in [-0.3, -0.25) is 0 Å². The van der Waals surface area contributed by atoms with Crippen LogP contribution in [0.1, 0.15) is 33.6 Å². The molecular weight excluding hydrogens is 166 g/mol. The maximum Gasteiger partial charge on any atom is 0.0743 e. The lowest BCUT2D eigenvalue weighted by Gasteiger charge is -2.23. The van der Waals surface area contributed by atoms with Crippen molar-refractivity contribution in [2.24, 2.45) is 0 Å². The summed E-state index contributed by atoms with van der Waals surface area (Å²) in [6.45, 7) is 7.36. The Morgan fingerprint density at radius 1 is 1.54 bits per heavy atom. The van der Waals surface area contributed by atoms with E-state index in [2.05, 4.69) is 12.2 Å². The largest absolute Gasteiger partial charge is 0.389 e. The lowest BCUT2D eigenvalue weighted by atomic mass is 10.0. The van der Waals surface area contributed by atoms with Gasteiger partial charge in [-0.15, -0.1) is 0 Å². The molecule has 0 aliphatic heterocycles. The number of hydrogen-bond acceptors (Lipinski definition) is 3. The van der Waals surface area contributed by atoms with E-state index in [1.54, 1.807) is 7.11 Å². The van der Waals surface area contributed by atoms with E-state index in [0.717, 1.165) is 19.4 Å². The molecule has 0 spiro atoms. The summed E-state index contributed by atoms with van der Waals surface area (Å²) in [6.07, 6.45) is 2.05. The number of ether oxygens (including phenoxy) is 1. The molecule has 0 rings (SSSR count). The van der Waals surface area contributed by atoms with Crippen LogP contribution in [0.3, 0.4) is 0 Å². The molecule has 80 valence electrons. The average Bonchev–Trinajstić information content (AvgIpc) is 2.03. The Kier molecular flexibility index (Phi) is 6.29. The summed E-state index contributed by atoms with van der Waals surface area (Å²) in [5.41, 5.74) is -0.581. The third kappa shape index (κ3) is 6.99. The minimum absolute atomic E-state index is 0.206. The van der Waals surface area contributed by atoms with Gasteiger partial charge < -0.3 is 15.2 Å². The minimum Gasteiger partial charge on any atom is -0.389 e. The summed E-state index contributed by atoms with van der Waals surface area (Å²) in [6, 6.07) is 0. The molecule has 0 aromatic heterocycles. The summed E-state index contributed by atoms with van der Waals surface area (Å²) in [5, 5.41) is 13.0. The third-order valence-corrected chi connectivity index (χ3v) is 2.13. The molecular formula is C10H23NO2. The Bertz CT molecular complexity index is 126. The second kappa shape index (κ2) is 6.35. The van der Waals surface area contributed by atoms with Gasteiger partial charge in [-0.05, 0) is 20.3 Å². The molecule has 0 aliphatic carbocycles. The molecule has 2 N–H and O–H groups in total. The van der Waals surface area contributed by atoms with Gasteiger partial charge in [-0.2, -0.15) is 0 Å². The first-order valence-electron chi connectivity index (χ1n) is 4.97. The first-order valence-corrected chi connectivity index (χ1v) is 4.97. The number of methoxy groups -OCH3 is 1. The predicted octanol–water partition coefficient (Wildman–Crippen LogP) is 1.16. The van der Waals surface area contributed by atoms with Crippen LogP contribution in [-0.2, 0) is 4.74 Å². The van der Waals surface area contributed by atoms with E-state index in [1.807, 2.05) is 13.8 Å². The molecule has 0 heterocycles. The third-order valence-electron chi connectivity index (χ3n) is 2.13. The van der Waals surface area contributed by atoms with Crippen LogP contribution >= 0.6 is 0 Å². The summed E-state index contributed by atoms with van der Waals surface area (Å²) in [7, 11) is 1.69. The van der Waals surface area contributed by atoms with Gasteiger partial charge in [-0.1, -0.05) is 13.3 Å². The van der Waals surface area contributed by atoms with E-state index in [-0.39, 0.29) is 6.10 Å². The van der Waals surface area contributed by atoms with Gasteiger partial charge >= 0.3 is 0 Å². The second-order valence-corrected chi connectivity index (χ2v) is 3.92. The Labute approximate surface area is 81.5 Å². The first kappa shape index (κ1) is 12.9. The van der Waals surface area contributed by atoms with Crippen LogP contribution in [0.15, 0.2) is 0 Å². The Balaban J connectivity index is 3.50. The van der Waals surface area contributed by atoms with Crippen LogP contribution in [0.2, 0.25) is 0 Å². The molecule has 3 nitrogen and oxygen atoms in total. The molecule has 0 saturated carbocycles. The molecule has 2 atom stereocenters. The molecule has 0 bridgehead atoms. The summed E-state index contributed by atoms with van der Waals surface area (Å²) < 4.78 is 5.08. The second-order valence-electron chi connectivity index (χ2n) is 3.92. The fraction of sp³-hybridized carbons (Fsp3) is 1.00. The van der Waals surface area contributed by atoms with Gasteiger partial charge in [0.05, 0.1) is 11.7 Å². The van der Waals surface area contributed by atoms with Crippen LogP contribution in [0.25, 0.3) is 0 Å². The van der Waals surface area contributed by atoms with Gasteiger partial charge in [0.1, 0.15) is 0 Å². The number of aliphatic hydroxyl groups is 1. The predicted molar refractivity (Wildman–Crippen MR) is 54.9 cm³/mol. The average molecular weight is 189 g/mol. The van der Waals surface area contributed by atoms with Gasteiger partial charge in [0.15, 0.2) is 0 Å². The van der Waals surface area contributed by atoms with Gasteiger partial charge in [0, 0.05) is 20.2 Å². The topological polar surface area (TPSA) is 41.5 Å². The molecule has 0 fully saturated rings. The molecule has 0 aromatic carbocycles. The Hall–Kier alpha value is -0.120. The zero-order chi connectivity index (χ0) is 10.3. The van der Waals surface area contributed by atoms with E-state index in [9.17, 15) is 5.11 Å². The summed E-state index contributed by atoms with van der Waals surface area (Å²) in [4.78, 5) is 0. The van der Waals surface area contributed by atoms with Crippen LogP contribution < -0.4 is 5.32 Å². The van der Waals surface area contributed by atoms with Crippen molar-refractivity contribution >= 4 is 0 Å². The zero-order valence-electron chi connectivity index (χ0n) is 9.26. The van der Waals surface area contributed by atoms with Crippen molar-refractivity contribution < 1.29 is 9.84 Å². The summed E-state index contributed by atoms with van der Waals surface area (Å²) in [5.74, 6) is 0. The van der Waals surface area contributed by atoms with Gasteiger partial charge in [0.25, 0.3) is 0 Å². The smallest absolute Gasteiger partial charge is 0.0743 e. The van der Waals surface area contributed by atoms with Crippen LogP contribution in [-0.4, -0.2) is 37.0 Å². The first-order chi connectivity index (χ1) is 6.02. The maximum atomic E-state index is 9.80. The maximum absolute atomic E-state index is 9.80. The normalized spacial score (nSPS) is 18.2. The quantitative estimate of drug-likeness (QED) is 0.631. The molecule has 0 saturated heterocycles. The van der Waals surface area contributed by atoms with Crippen molar-refractivity contribution in [1.29, 1.82) is 0 Å². The highest BCUT2D eigenvalue weighted by Crippen LogP contribution is 2.09. The fourth-order valence-corrected chi connectivity index (χ4v) is 1.26. The SMILES string of the molecule is CCCC(C)(O)CNCC(C)OC. The number of hydrogen-bond donors (Lipinski definition) is 2.